The summed E-state index contributed by atoms with van der Waals surface area (Å²) in [7, 11) is 0. The molecule has 0 atom stereocenters. The van der Waals surface area contributed by atoms with E-state index in [1.165, 1.54) is 0 Å². The summed E-state index contributed by atoms with van der Waals surface area (Å²) in [5, 5.41) is 16.0. The highest BCUT2D eigenvalue weighted by Crippen LogP contribution is 2.21. The highest BCUT2D eigenvalue weighted by atomic mass is 35.5. The number of nitrogens with one attached hydrogen (secondary N) is 2. The van der Waals surface area contributed by atoms with Crippen LogP contribution in [0.2, 0.25) is 5.02 Å². The second kappa shape index (κ2) is 10.1. The predicted molar refractivity (Wildman–Crippen MR) is 120 cm³/mol. The number of anilines is 1. The van der Waals surface area contributed by atoms with Crippen molar-refractivity contribution in [1.29, 1.82) is 0 Å². The molecule has 1 saturated heterocycles. The normalized spacial score (nSPS) is 14.3. The van der Waals surface area contributed by atoms with E-state index in [9.17, 15) is 9.90 Å². The minimum Gasteiger partial charge on any atom is -0.392 e. The number of rotatable bonds is 7. The van der Waals surface area contributed by atoms with Crippen molar-refractivity contribution in [2.75, 3.05) is 18.5 Å². The van der Waals surface area contributed by atoms with Crippen molar-refractivity contribution in [3.63, 3.8) is 0 Å². The summed E-state index contributed by atoms with van der Waals surface area (Å²) in [5.74, 6) is 0.858. The number of aliphatic hydroxyl groups is 1. The number of hydrogen-bond acceptors (Lipinski definition) is 7. The third-order valence-electron chi connectivity index (χ3n) is 5.33. The third-order valence-corrected chi connectivity index (χ3v) is 5.81. The smallest absolute Gasteiger partial charge is 0.271 e. The fourth-order valence-corrected chi connectivity index (χ4v) is 3.75. The zero-order chi connectivity index (χ0) is 22.5. The largest absolute Gasteiger partial charge is 0.392 e. The first-order valence-corrected chi connectivity index (χ1v) is 10.8. The van der Waals surface area contributed by atoms with E-state index in [-0.39, 0.29) is 30.8 Å². The summed E-state index contributed by atoms with van der Waals surface area (Å²) in [6.07, 6.45) is 6.76. The molecule has 1 amide bonds. The monoisotopic (exact) mass is 456 g/mol. The van der Waals surface area contributed by atoms with E-state index in [4.69, 9.17) is 16.3 Å². The number of halogens is 1. The van der Waals surface area contributed by atoms with Gasteiger partial charge in [-0.1, -0.05) is 29.8 Å². The molecule has 168 valence electrons. The van der Waals surface area contributed by atoms with Crippen molar-refractivity contribution in [3.8, 4) is 5.82 Å². The maximum atomic E-state index is 12.6. The fraction of sp³-hybridized carbons (Fsp3) is 0.364. The number of aryl methyl sites for hydroxylation is 1. The molecule has 0 aliphatic carbocycles. The zero-order valence-corrected chi connectivity index (χ0v) is 18.5. The molecule has 0 saturated carbocycles. The van der Waals surface area contributed by atoms with Crippen LogP contribution in [0, 0.1) is 6.92 Å². The molecule has 10 heteroatoms. The van der Waals surface area contributed by atoms with E-state index >= 15 is 0 Å². The van der Waals surface area contributed by atoms with Gasteiger partial charge < -0.3 is 20.5 Å². The highest BCUT2D eigenvalue weighted by Gasteiger charge is 2.17. The molecule has 32 heavy (non-hydrogen) atoms. The molecule has 9 nitrogen and oxygen atoms in total. The topological polar surface area (TPSA) is 114 Å². The molecule has 1 aliphatic heterocycles. The van der Waals surface area contributed by atoms with Gasteiger partial charge >= 0.3 is 0 Å². The van der Waals surface area contributed by atoms with Crippen molar-refractivity contribution in [1.82, 2.24) is 24.8 Å². The number of imidazole rings is 1. The number of aromatic nitrogens is 4. The maximum absolute atomic E-state index is 12.6. The Labute approximate surface area is 190 Å². The molecule has 4 rings (SSSR count). The molecule has 3 N–H and O–H groups in total. The van der Waals surface area contributed by atoms with Gasteiger partial charge in [0.2, 0.25) is 5.95 Å². The number of benzene rings is 1. The van der Waals surface area contributed by atoms with Crippen molar-refractivity contribution in [2.24, 2.45) is 0 Å². The standard InChI is InChI=1S/C22H25ClN6O3/c1-14-9-25-22(27-17-5-7-32-8-6-17)28-20(14)29-11-18(26-13-29)21(31)24-10-15-3-2-4-16(12-30)19(15)23/h2-4,9,11,13,17,30H,5-8,10,12H2,1H3,(H,24,31)(H,25,27,28). The van der Waals surface area contributed by atoms with Gasteiger partial charge in [0, 0.05) is 43.8 Å². The highest BCUT2D eigenvalue weighted by molar-refractivity contribution is 6.32. The molecule has 0 spiro atoms. The molecule has 0 radical (unpaired) electrons. The van der Waals surface area contributed by atoms with Gasteiger partial charge in [-0.05, 0) is 30.9 Å². The van der Waals surface area contributed by atoms with Crippen LogP contribution in [0.4, 0.5) is 5.95 Å². The Hall–Kier alpha value is -3.01. The van der Waals surface area contributed by atoms with Gasteiger partial charge in [-0.2, -0.15) is 4.98 Å². The molecule has 0 unspecified atom stereocenters. The molecule has 1 aliphatic rings. The lowest BCUT2D eigenvalue weighted by Crippen LogP contribution is -2.28. The number of amides is 1. The van der Waals surface area contributed by atoms with Gasteiger partial charge in [-0.15, -0.1) is 0 Å². The Morgan fingerprint density at radius 2 is 2.06 bits per heavy atom. The van der Waals surface area contributed by atoms with Gasteiger partial charge in [0.1, 0.15) is 17.8 Å². The number of hydrogen-bond donors (Lipinski definition) is 3. The SMILES string of the molecule is Cc1cnc(NC2CCOCC2)nc1-n1cnc(C(=O)NCc2cccc(CO)c2Cl)c1. The first-order valence-electron chi connectivity index (χ1n) is 10.4. The number of aliphatic hydroxyl groups excluding tert-OH is 1. The molecule has 2 aromatic heterocycles. The Kier molecular flexibility index (Phi) is 6.99. The molecular formula is C22H25ClN6O3. The average Bonchev–Trinajstić information content (AvgIpc) is 3.30. The van der Waals surface area contributed by atoms with Crippen LogP contribution in [-0.2, 0) is 17.9 Å². The van der Waals surface area contributed by atoms with Crippen molar-refractivity contribution < 1.29 is 14.6 Å². The van der Waals surface area contributed by atoms with E-state index < -0.39 is 0 Å². The molecular weight excluding hydrogens is 432 g/mol. The maximum Gasteiger partial charge on any atom is 0.271 e. The van der Waals surface area contributed by atoms with Crippen LogP contribution in [0.5, 0.6) is 0 Å². The van der Waals surface area contributed by atoms with Gasteiger partial charge in [0.05, 0.1) is 11.6 Å². The minimum atomic E-state index is -0.332. The van der Waals surface area contributed by atoms with E-state index in [0.717, 1.165) is 37.2 Å². The third kappa shape index (κ3) is 5.07. The first kappa shape index (κ1) is 22.2. The van der Waals surface area contributed by atoms with Crippen LogP contribution < -0.4 is 10.6 Å². The fourth-order valence-electron chi connectivity index (χ4n) is 3.50. The summed E-state index contributed by atoms with van der Waals surface area (Å²) < 4.78 is 7.10. The quantitative estimate of drug-likeness (QED) is 0.500. The van der Waals surface area contributed by atoms with E-state index in [0.29, 0.717) is 22.4 Å². The number of carbonyl (C=O) groups excluding carboxylic acids is 1. The molecule has 1 aromatic carbocycles. The lowest BCUT2D eigenvalue weighted by atomic mass is 10.1. The molecule has 0 bridgehead atoms. The Morgan fingerprint density at radius 3 is 2.84 bits per heavy atom. The predicted octanol–water partition coefficient (Wildman–Crippen LogP) is 2.64. The van der Waals surface area contributed by atoms with E-state index in [1.54, 1.807) is 41.5 Å². The summed E-state index contributed by atoms with van der Waals surface area (Å²) >= 11 is 6.27. The zero-order valence-electron chi connectivity index (χ0n) is 17.7. The minimum absolute atomic E-state index is 0.158. The van der Waals surface area contributed by atoms with E-state index in [2.05, 4.69) is 25.6 Å². The summed E-state index contributed by atoms with van der Waals surface area (Å²) in [5.41, 5.74) is 2.46. The number of ether oxygens (including phenoxy) is 1. The second-order valence-corrected chi connectivity index (χ2v) is 8.01. The van der Waals surface area contributed by atoms with Gasteiger partial charge in [-0.3, -0.25) is 9.36 Å². The van der Waals surface area contributed by atoms with Crippen LogP contribution in [0.1, 0.15) is 40.0 Å². The van der Waals surface area contributed by atoms with Crippen molar-refractivity contribution in [2.45, 2.75) is 39.0 Å². The summed E-state index contributed by atoms with van der Waals surface area (Å²) in [6, 6.07) is 5.61. The Balaban J connectivity index is 1.45. The molecule has 3 aromatic rings. The van der Waals surface area contributed by atoms with Crippen LogP contribution in [0.25, 0.3) is 5.82 Å². The second-order valence-electron chi connectivity index (χ2n) is 7.63. The van der Waals surface area contributed by atoms with Crippen molar-refractivity contribution in [3.05, 3.63) is 64.3 Å². The first-order chi connectivity index (χ1) is 15.5. The van der Waals surface area contributed by atoms with Crippen LogP contribution in [-0.4, -0.2) is 49.8 Å². The van der Waals surface area contributed by atoms with Crippen LogP contribution in [0.15, 0.2) is 36.9 Å². The lowest BCUT2D eigenvalue weighted by Gasteiger charge is -2.23. The van der Waals surface area contributed by atoms with Gasteiger partial charge in [-0.25, -0.2) is 9.97 Å². The van der Waals surface area contributed by atoms with Crippen molar-refractivity contribution >= 4 is 23.5 Å². The van der Waals surface area contributed by atoms with Gasteiger partial charge in [0.15, 0.2) is 0 Å². The Morgan fingerprint density at radius 1 is 1.28 bits per heavy atom. The summed E-state index contributed by atoms with van der Waals surface area (Å²) in [6.45, 7) is 3.43. The van der Waals surface area contributed by atoms with Crippen LogP contribution >= 0.6 is 11.6 Å². The average molecular weight is 457 g/mol. The molecule has 3 heterocycles. The number of carbonyl (C=O) groups is 1. The Bertz CT molecular complexity index is 1100. The van der Waals surface area contributed by atoms with Crippen LogP contribution in [0.3, 0.4) is 0 Å². The van der Waals surface area contributed by atoms with Gasteiger partial charge in [0.25, 0.3) is 5.91 Å². The summed E-state index contributed by atoms with van der Waals surface area (Å²) in [4.78, 5) is 25.8. The number of nitrogens with zero attached hydrogens (tertiary/aromatic N) is 4. The molecule has 1 fully saturated rings. The lowest BCUT2D eigenvalue weighted by molar-refractivity contribution is 0.0903. The van der Waals surface area contributed by atoms with E-state index in [1.807, 2.05) is 6.92 Å².